The van der Waals surface area contributed by atoms with E-state index in [0.29, 0.717) is 54.9 Å². The molecule has 1 fully saturated rings. The van der Waals surface area contributed by atoms with Crippen LogP contribution in [-0.2, 0) is 20.9 Å². The van der Waals surface area contributed by atoms with Crippen LogP contribution < -0.4 is 20.2 Å². The third-order valence-corrected chi connectivity index (χ3v) is 6.22. The lowest BCUT2D eigenvalue weighted by Crippen LogP contribution is -2.50. The standard InChI is InChI=1S/C23H27N3O7/c1-4-25-11-16(20(27)15-9-18-19(10-17(15)25)33-12-32-18)21(28)24-13(2)22(29)26-7-5-14(6-8-26)23(30)31-3/h9-11,13-14H,4-8,12H2,1-3H3,(H,24,28)/t13-/m1/s1. The van der Waals surface area contributed by atoms with Crippen molar-refractivity contribution in [3.8, 4) is 11.5 Å². The van der Waals surface area contributed by atoms with Crippen molar-refractivity contribution in [2.45, 2.75) is 39.3 Å². The molecule has 1 aromatic carbocycles. The predicted octanol–water partition coefficient (Wildman–Crippen LogP) is 1.28. The summed E-state index contributed by atoms with van der Waals surface area (Å²) in [4.78, 5) is 52.2. The van der Waals surface area contributed by atoms with Gasteiger partial charge in [0.25, 0.3) is 5.91 Å². The summed E-state index contributed by atoms with van der Waals surface area (Å²) in [5, 5.41) is 3.00. The Balaban J connectivity index is 1.51. The highest BCUT2D eigenvalue weighted by molar-refractivity contribution is 6.00. The summed E-state index contributed by atoms with van der Waals surface area (Å²) in [6, 6.07) is 2.49. The zero-order valence-electron chi connectivity index (χ0n) is 18.9. The molecule has 1 saturated heterocycles. The van der Waals surface area contributed by atoms with E-state index in [-0.39, 0.29) is 30.2 Å². The first-order chi connectivity index (χ1) is 15.8. The maximum atomic E-state index is 13.1. The summed E-state index contributed by atoms with van der Waals surface area (Å²) < 4.78 is 17.3. The van der Waals surface area contributed by atoms with Gasteiger partial charge in [0.15, 0.2) is 11.5 Å². The molecule has 1 aromatic heterocycles. The van der Waals surface area contributed by atoms with Gasteiger partial charge < -0.3 is 29.0 Å². The number of aromatic nitrogens is 1. The average Bonchev–Trinajstić information content (AvgIpc) is 3.30. The predicted molar refractivity (Wildman–Crippen MR) is 118 cm³/mol. The Kier molecular flexibility index (Phi) is 6.26. The van der Waals surface area contributed by atoms with Crippen LogP contribution in [0, 0.1) is 5.92 Å². The van der Waals surface area contributed by atoms with E-state index in [1.807, 2.05) is 6.92 Å². The van der Waals surface area contributed by atoms with Crippen LogP contribution in [0.25, 0.3) is 10.9 Å². The van der Waals surface area contributed by atoms with E-state index in [1.54, 1.807) is 28.5 Å². The molecule has 10 heteroatoms. The topological polar surface area (TPSA) is 116 Å². The number of rotatable bonds is 5. The highest BCUT2D eigenvalue weighted by Gasteiger charge is 2.31. The number of aryl methyl sites for hydroxylation is 1. The quantitative estimate of drug-likeness (QED) is 0.673. The molecule has 0 aliphatic carbocycles. The summed E-state index contributed by atoms with van der Waals surface area (Å²) in [5.41, 5.74) is 0.150. The van der Waals surface area contributed by atoms with Crippen LogP contribution in [0.5, 0.6) is 11.5 Å². The second-order valence-corrected chi connectivity index (χ2v) is 8.20. The van der Waals surface area contributed by atoms with Gasteiger partial charge in [-0.3, -0.25) is 19.2 Å². The molecule has 0 saturated carbocycles. The Morgan fingerprint density at radius 3 is 2.48 bits per heavy atom. The molecular weight excluding hydrogens is 430 g/mol. The van der Waals surface area contributed by atoms with Gasteiger partial charge in [0, 0.05) is 31.9 Å². The molecule has 0 unspecified atom stereocenters. The van der Waals surface area contributed by atoms with Crippen molar-refractivity contribution in [1.29, 1.82) is 0 Å². The van der Waals surface area contributed by atoms with Gasteiger partial charge in [-0.2, -0.15) is 0 Å². The number of ether oxygens (including phenoxy) is 3. The molecule has 2 amide bonds. The van der Waals surface area contributed by atoms with Crippen molar-refractivity contribution in [2.24, 2.45) is 5.92 Å². The summed E-state index contributed by atoms with van der Waals surface area (Å²) in [5.74, 6) is -0.353. The molecule has 1 atom stereocenters. The van der Waals surface area contributed by atoms with Gasteiger partial charge in [-0.1, -0.05) is 0 Å². The number of piperidine rings is 1. The second-order valence-electron chi connectivity index (χ2n) is 8.20. The monoisotopic (exact) mass is 457 g/mol. The second kappa shape index (κ2) is 9.13. The molecular formula is C23H27N3O7. The maximum absolute atomic E-state index is 13.1. The molecule has 33 heavy (non-hydrogen) atoms. The third-order valence-electron chi connectivity index (χ3n) is 6.22. The molecule has 2 aliphatic heterocycles. The Bertz CT molecular complexity index is 1160. The SMILES string of the molecule is CCn1cc(C(=O)N[C@H](C)C(=O)N2CCC(C(=O)OC)CC2)c(=O)c2cc3c(cc21)OCO3. The number of hydrogen-bond donors (Lipinski definition) is 1. The highest BCUT2D eigenvalue weighted by Crippen LogP contribution is 2.35. The van der Waals surface area contributed by atoms with Crippen molar-refractivity contribution >= 4 is 28.7 Å². The molecule has 1 N–H and O–H groups in total. The van der Waals surface area contributed by atoms with E-state index in [0.717, 1.165) is 0 Å². The average molecular weight is 457 g/mol. The first-order valence-electron chi connectivity index (χ1n) is 11.0. The minimum Gasteiger partial charge on any atom is -0.469 e. The van der Waals surface area contributed by atoms with Gasteiger partial charge in [0.1, 0.15) is 11.6 Å². The number of benzene rings is 1. The fourth-order valence-corrected chi connectivity index (χ4v) is 4.32. The van der Waals surface area contributed by atoms with Crippen LogP contribution in [0.3, 0.4) is 0 Å². The summed E-state index contributed by atoms with van der Waals surface area (Å²) in [6.07, 6.45) is 2.53. The molecule has 4 rings (SSSR count). The van der Waals surface area contributed by atoms with Gasteiger partial charge in [0.2, 0.25) is 18.1 Å². The smallest absolute Gasteiger partial charge is 0.308 e. The van der Waals surface area contributed by atoms with Crippen LogP contribution in [0.2, 0.25) is 0 Å². The minimum atomic E-state index is -0.825. The molecule has 3 heterocycles. The van der Waals surface area contributed by atoms with E-state index in [1.165, 1.54) is 13.3 Å². The van der Waals surface area contributed by atoms with Gasteiger partial charge in [-0.15, -0.1) is 0 Å². The number of nitrogens with zero attached hydrogens (tertiary/aromatic N) is 2. The van der Waals surface area contributed by atoms with E-state index < -0.39 is 17.4 Å². The molecule has 0 radical (unpaired) electrons. The third kappa shape index (κ3) is 4.24. The van der Waals surface area contributed by atoms with Crippen LogP contribution >= 0.6 is 0 Å². The van der Waals surface area contributed by atoms with Crippen LogP contribution in [0.15, 0.2) is 23.1 Å². The normalized spacial score (nSPS) is 16.5. The lowest BCUT2D eigenvalue weighted by Gasteiger charge is -2.32. The van der Waals surface area contributed by atoms with Gasteiger partial charge in [-0.25, -0.2) is 0 Å². The zero-order chi connectivity index (χ0) is 23.7. The largest absolute Gasteiger partial charge is 0.469 e. The van der Waals surface area contributed by atoms with Crippen LogP contribution in [0.4, 0.5) is 0 Å². The Morgan fingerprint density at radius 2 is 1.85 bits per heavy atom. The van der Waals surface area contributed by atoms with E-state index in [2.05, 4.69) is 5.32 Å². The number of carbonyl (C=O) groups excluding carboxylic acids is 3. The lowest BCUT2D eigenvalue weighted by molar-refractivity contribution is -0.149. The number of nitrogens with one attached hydrogen (secondary N) is 1. The van der Waals surface area contributed by atoms with Crippen molar-refractivity contribution in [3.63, 3.8) is 0 Å². The molecule has 0 spiro atoms. The summed E-state index contributed by atoms with van der Waals surface area (Å²) in [7, 11) is 1.35. The summed E-state index contributed by atoms with van der Waals surface area (Å²) in [6.45, 7) is 4.91. The van der Waals surface area contributed by atoms with Crippen LogP contribution in [-0.4, -0.2) is 60.3 Å². The number of likely N-dealkylation sites (tertiary alicyclic amines) is 1. The highest BCUT2D eigenvalue weighted by atomic mass is 16.7. The van der Waals surface area contributed by atoms with Gasteiger partial charge >= 0.3 is 5.97 Å². The van der Waals surface area contributed by atoms with E-state index in [4.69, 9.17) is 14.2 Å². The minimum absolute atomic E-state index is 0.0488. The molecule has 10 nitrogen and oxygen atoms in total. The van der Waals surface area contributed by atoms with E-state index >= 15 is 0 Å². The number of carbonyl (C=O) groups is 3. The first-order valence-corrected chi connectivity index (χ1v) is 11.0. The molecule has 2 aliphatic rings. The lowest BCUT2D eigenvalue weighted by atomic mass is 9.96. The zero-order valence-corrected chi connectivity index (χ0v) is 18.9. The van der Waals surface area contributed by atoms with E-state index in [9.17, 15) is 19.2 Å². The van der Waals surface area contributed by atoms with Crippen molar-refractivity contribution < 1.29 is 28.6 Å². The van der Waals surface area contributed by atoms with Crippen LogP contribution in [0.1, 0.15) is 37.0 Å². The molecule has 2 aromatic rings. The number of methoxy groups -OCH3 is 1. The van der Waals surface area contributed by atoms with Crippen molar-refractivity contribution in [2.75, 3.05) is 27.0 Å². The van der Waals surface area contributed by atoms with Gasteiger partial charge in [-0.05, 0) is 32.8 Å². The number of esters is 1. The summed E-state index contributed by atoms with van der Waals surface area (Å²) >= 11 is 0. The first kappa shape index (κ1) is 22.6. The number of hydrogen-bond acceptors (Lipinski definition) is 7. The van der Waals surface area contributed by atoms with Crippen molar-refractivity contribution in [3.05, 3.63) is 34.1 Å². The van der Waals surface area contributed by atoms with Crippen molar-refractivity contribution in [1.82, 2.24) is 14.8 Å². The fraction of sp³-hybridized carbons (Fsp3) is 0.478. The maximum Gasteiger partial charge on any atom is 0.308 e. The number of pyridine rings is 1. The molecule has 0 bridgehead atoms. The van der Waals surface area contributed by atoms with Gasteiger partial charge in [0.05, 0.1) is 23.9 Å². The number of fused-ring (bicyclic) bond motifs is 2. The fourth-order valence-electron chi connectivity index (χ4n) is 4.32. The number of amides is 2. The Hall–Kier alpha value is -3.56. The molecule has 176 valence electrons. The Morgan fingerprint density at radius 1 is 1.18 bits per heavy atom. The Labute approximate surface area is 190 Å².